The van der Waals surface area contributed by atoms with Crippen LogP contribution in [0.4, 0.5) is 10.1 Å². The predicted molar refractivity (Wildman–Crippen MR) is 103 cm³/mol. The lowest BCUT2D eigenvalue weighted by molar-refractivity contribution is -0.116. The van der Waals surface area contributed by atoms with Crippen molar-refractivity contribution in [3.05, 3.63) is 72.2 Å². The van der Waals surface area contributed by atoms with Crippen LogP contribution in [-0.4, -0.2) is 37.4 Å². The van der Waals surface area contributed by atoms with E-state index in [1.165, 1.54) is 37.3 Å². The zero-order chi connectivity index (χ0) is 20.1. The van der Waals surface area contributed by atoms with Crippen LogP contribution in [0.25, 0.3) is 11.3 Å². The summed E-state index contributed by atoms with van der Waals surface area (Å²) in [4.78, 5) is 25.9. The van der Waals surface area contributed by atoms with Gasteiger partial charge in [0.15, 0.2) is 5.76 Å². The van der Waals surface area contributed by atoms with E-state index in [4.69, 9.17) is 9.15 Å². The van der Waals surface area contributed by atoms with Gasteiger partial charge in [0.25, 0.3) is 5.91 Å². The van der Waals surface area contributed by atoms with Crippen molar-refractivity contribution in [2.45, 2.75) is 0 Å². The molecule has 0 aliphatic heterocycles. The number of nitrogens with zero attached hydrogens (tertiary/aromatic N) is 1. The highest BCUT2D eigenvalue weighted by molar-refractivity contribution is 5.98. The first kappa shape index (κ1) is 19.2. The van der Waals surface area contributed by atoms with Gasteiger partial charge in [0.1, 0.15) is 17.3 Å². The van der Waals surface area contributed by atoms with E-state index in [1.54, 1.807) is 42.5 Å². The SMILES string of the molecule is COc1cccc(NC(=O)CN(C)C(=O)c2ccc(-c3ccccc3F)o2)c1. The number of nitrogens with one attached hydrogen (secondary N) is 1. The first-order valence-electron chi connectivity index (χ1n) is 8.52. The van der Waals surface area contributed by atoms with E-state index in [-0.39, 0.29) is 29.5 Å². The van der Waals surface area contributed by atoms with Crippen molar-refractivity contribution in [3.8, 4) is 17.1 Å². The van der Waals surface area contributed by atoms with E-state index >= 15 is 0 Å². The van der Waals surface area contributed by atoms with E-state index in [9.17, 15) is 14.0 Å². The Kier molecular flexibility index (Phi) is 5.74. The highest BCUT2D eigenvalue weighted by atomic mass is 19.1. The van der Waals surface area contributed by atoms with Crippen molar-refractivity contribution < 1.29 is 23.1 Å². The first-order chi connectivity index (χ1) is 13.5. The van der Waals surface area contributed by atoms with E-state index in [0.29, 0.717) is 11.4 Å². The molecule has 28 heavy (non-hydrogen) atoms. The highest BCUT2D eigenvalue weighted by Gasteiger charge is 2.19. The van der Waals surface area contributed by atoms with E-state index in [2.05, 4.69) is 5.32 Å². The fourth-order valence-corrected chi connectivity index (χ4v) is 2.64. The Balaban J connectivity index is 1.64. The van der Waals surface area contributed by atoms with Crippen molar-refractivity contribution in [2.75, 3.05) is 26.0 Å². The molecule has 0 aliphatic carbocycles. The average Bonchev–Trinajstić information content (AvgIpc) is 3.17. The maximum atomic E-state index is 13.9. The number of carbonyl (C=O) groups excluding carboxylic acids is 2. The van der Waals surface area contributed by atoms with Crippen LogP contribution in [0.1, 0.15) is 10.6 Å². The number of furan rings is 1. The number of hydrogen-bond acceptors (Lipinski definition) is 4. The van der Waals surface area contributed by atoms with Crippen molar-refractivity contribution in [1.29, 1.82) is 0 Å². The molecule has 144 valence electrons. The molecule has 0 aliphatic rings. The first-order valence-corrected chi connectivity index (χ1v) is 8.52. The molecule has 1 aromatic heterocycles. The quantitative estimate of drug-likeness (QED) is 0.704. The molecule has 0 bridgehead atoms. The van der Waals surface area contributed by atoms with Crippen LogP contribution in [0.3, 0.4) is 0 Å². The van der Waals surface area contributed by atoms with Crippen LogP contribution in [0.2, 0.25) is 0 Å². The molecule has 2 aromatic carbocycles. The Labute approximate surface area is 161 Å². The molecular weight excluding hydrogens is 363 g/mol. The van der Waals surface area contributed by atoms with Crippen LogP contribution >= 0.6 is 0 Å². The standard InChI is InChI=1S/C21H19FN2O4/c1-24(13-20(25)23-14-6-5-7-15(12-14)27-2)21(26)19-11-10-18(28-19)16-8-3-4-9-17(16)22/h3-12H,13H2,1-2H3,(H,23,25). The molecule has 0 fully saturated rings. The molecule has 0 radical (unpaired) electrons. The molecular formula is C21H19FN2O4. The van der Waals surface area contributed by atoms with Crippen LogP contribution in [0.15, 0.2) is 65.1 Å². The normalized spacial score (nSPS) is 10.4. The van der Waals surface area contributed by atoms with Gasteiger partial charge in [-0.25, -0.2) is 4.39 Å². The Hall–Kier alpha value is -3.61. The van der Waals surface area contributed by atoms with Crippen LogP contribution in [-0.2, 0) is 4.79 Å². The lowest BCUT2D eigenvalue weighted by Crippen LogP contribution is -2.34. The van der Waals surface area contributed by atoms with Gasteiger partial charge in [-0.1, -0.05) is 18.2 Å². The van der Waals surface area contributed by atoms with Gasteiger partial charge in [0.05, 0.1) is 19.2 Å². The van der Waals surface area contributed by atoms with Gasteiger partial charge >= 0.3 is 0 Å². The number of methoxy groups -OCH3 is 1. The van der Waals surface area contributed by atoms with Crippen molar-refractivity contribution in [3.63, 3.8) is 0 Å². The summed E-state index contributed by atoms with van der Waals surface area (Å²) in [6.45, 7) is -0.175. The molecule has 7 heteroatoms. The lowest BCUT2D eigenvalue weighted by atomic mass is 10.1. The number of hydrogen-bond donors (Lipinski definition) is 1. The number of anilines is 1. The van der Waals surface area contributed by atoms with E-state index in [0.717, 1.165) is 0 Å². The minimum Gasteiger partial charge on any atom is -0.497 e. The highest BCUT2D eigenvalue weighted by Crippen LogP contribution is 2.25. The van der Waals surface area contributed by atoms with Crippen molar-refractivity contribution >= 4 is 17.5 Å². The number of amides is 2. The monoisotopic (exact) mass is 382 g/mol. The molecule has 3 rings (SSSR count). The summed E-state index contributed by atoms with van der Waals surface area (Å²) in [6, 6.07) is 16.0. The number of benzene rings is 2. The second-order valence-electron chi connectivity index (χ2n) is 6.09. The molecule has 3 aromatic rings. The van der Waals surface area contributed by atoms with Gasteiger partial charge in [0.2, 0.25) is 5.91 Å². The molecule has 0 atom stereocenters. The number of halogens is 1. The lowest BCUT2D eigenvalue weighted by Gasteiger charge is -2.15. The molecule has 2 amide bonds. The summed E-state index contributed by atoms with van der Waals surface area (Å²) in [5, 5.41) is 2.70. The average molecular weight is 382 g/mol. The smallest absolute Gasteiger partial charge is 0.289 e. The molecule has 1 heterocycles. The summed E-state index contributed by atoms with van der Waals surface area (Å²) >= 11 is 0. The fraction of sp³-hybridized carbons (Fsp3) is 0.143. The summed E-state index contributed by atoms with van der Waals surface area (Å²) in [6.07, 6.45) is 0. The molecule has 0 spiro atoms. The molecule has 0 unspecified atom stereocenters. The molecule has 6 nitrogen and oxygen atoms in total. The Morgan fingerprint density at radius 1 is 1.11 bits per heavy atom. The largest absolute Gasteiger partial charge is 0.497 e. The topological polar surface area (TPSA) is 71.8 Å². The summed E-state index contributed by atoms with van der Waals surface area (Å²) < 4.78 is 24.5. The molecule has 0 saturated carbocycles. The maximum absolute atomic E-state index is 13.9. The Bertz CT molecular complexity index is 999. The summed E-state index contributed by atoms with van der Waals surface area (Å²) in [7, 11) is 3.02. The van der Waals surface area contributed by atoms with Crippen molar-refractivity contribution in [1.82, 2.24) is 4.90 Å². The number of rotatable bonds is 6. The molecule has 0 saturated heterocycles. The Morgan fingerprint density at radius 3 is 2.64 bits per heavy atom. The summed E-state index contributed by atoms with van der Waals surface area (Å²) in [5.74, 6) is -0.417. The number of carbonyl (C=O) groups is 2. The van der Waals surface area contributed by atoms with Gasteiger partial charge in [-0.2, -0.15) is 0 Å². The third-order valence-corrected chi connectivity index (χ3v) is 4.04. The minimum atomic E-state index is -0.483. The van der Waals surface area contributed by atoms with E-state index < -0.39 is 11.7 Å². The fourth-order valence-electron chi connectivity index (χ4n) is 2.64. The Morgan fingerprint density at radius 2 is 1.89 bits per heavy atom. The number of ether oxygens (including phenoxy) is 1. The zero-order valence-corrected chi connectivity index (χ0v) is 15.4. The van der Waals surface area contributed by atoms with Crippen LogP contribution < -0.4 is 10.1 Å². The van der Waals surface area contributed by atoms with Gasteiger partial charge in [-0.05, 0) is 36.4 Å². The second-order valence-corrected chi connectivity index (χ2v) is 6.09. The third-order valence-electron chi connectivity index (χ3n) is 4.04. The van der Waals surface area contributed by atoms with Crippen molar-refractivity contribution in [2.24, 2.45) is 0 Å². The number of likely N-dealkylation sites (N-methyl/N-ethyl adjacent to an activating group) is 1. The maximum Gasteiger partial charge on any atom is 0.289 e. The zero-order valence-electron chi connectivity index (χ0n) is 15.4. The van der Waals surface area contributed by atoms with Gasteiger partial charge in [-0.15, -0.1) is 0 Å². The van der Waals surface area contributed by atoms with Crippen LogP contribution in [0.5, 0.6) is 5.75 Å². The second kappa shape index (κ2) is 8.39. The summed E-state index contributed by atoms with van der Waals surface area (Å²) in [5.41, 5.74) is 0.824. The van der Waals surface area contributed by atoms with Gasteiger partial charge in [0, 0.05) is 18.8 Å². The minimum absolute atomic E-state index is 0.0231. The van der Waals surface area contributed by atoms with Gasteiger partial charge < -0.3 is 19.4 Å². The third kappa shape index (κ3) is 4.37. The predicted octanol–water partition coefficient (Wildman–Crippen LogP) is 3.81. The molecule has 1 N–H and O–H groups in total. The van der Waals surface area contributed by atoms with Crippen LogP contribution in [0, 0.1) is 5.82 Å². The van der Waals surface area contributed by atoms with E-state index in [1.807, 2.05) is 0 Å². The van der Waals surface area contributed by atoms with Gasteiger partial charge in [-0.3, -0.25) is 9.59 Å².